The molecule has 34 valence electrons. The Morgan fingerprint density at radius 2 is 2.43 bits per heavy atom. The fourth-order valence-corrected chi connectivity index (χ4v) is 0.573. The molecule has 0 N–H and O–H groups in total. The molecule has 2 heteroatoms. The van der Waals surface area contributed by atoms with E-state index in [2.05, 4.69) is 4.98 Å². The molecule has 0 aromatic carbocycles. The van der Waals surface area contributed by atoms with Gasteiger partial charge in [-0.15, -0.1) is 0 Å². The van der Waals surface area contributed by atoms with E-state index in [9.17, 15) is 0 Å². The Morgan fingerprint density at radius 3 is 2.57 bits per heavy atom. The summed E-state index contributed by atoms with van der Waals surface area (Å²) in [5, 5.41) is 0. The molecule has 0 radical (unpaired) electrons. The van der Waals surface area contributed by atoms with E-state index >= 15 is 0 Å². The Hall–Kier alpha value is -1.05. The maximum atomic E-state index is 4.90. The molecule has 1 aromatic heterocycles. The monoisotopic (exact) mass is 93.0 g/mol. The van der Waals surface area contributed by atoms with Crippen molar-refractivity contribution in [3.05, 3.63) is 18.3 Å². The van der Waals surface area contributed by atoms with Crippen LogP contribution in [-0.2, 0) is 0 Å². The van der Waals surface area contributed by atoms with Crippen LogP contribution in [0.2, 0.25) is 0 Å². The molecule has 0 saturated heterocycles. The molecular formula is C5H3NO. The van der Waals surface area contributed by atoms with Crippen LogP contribution in [0, 0.1) is 0 Å². The summed E-state index contributed by atoms with van der Waals surface area (Å²) in [5.41, 5.74) is 0. The maximum absolute atomic E-state index is 4.90. The van der Waals surface area contributed by atoms with Crippen LogP contribution in [0.3, 0.4) is 0 Å². The van der Waals surface area contributed by atoms with E-state index in [1.165, 1.54) is 0 Å². The van der Waals surface area contributed by atoms with E-state index in [1.54, 1.807) is 6.20 Å². The van der Waals surface area contributed by atoms with Crippen LogP contribution in [0.5, 0.6) is 11.6 Å². The summed E-state index contributed by atoms with van der Waals surface area (Å²) in [6, 6.07) is 3.72. The van der Waals surface area contributed by atoms with Crippen molar-refractivity contribution in [1.82, 2.24) is 4.98 Å². The number of nitrogens with zero attached hydrogens (tertiary/aromatic N) is 1. The zero-order valence-electron chi connectivity index (χ0n) is 3.59. The van der Waals surface area contributed by atoms with Gasteiger partial charge in [0.2, 0.25) is 5.88 Å². The highest BCUT2D eigenvalue weighted by atomic mass is 16.5. The van der Waals surface area contributed by atoms with Crippen LogP contribution >= 0.6 is 0 Å². The van der Waals surface area contributed by atoms with Gasteiger partial charge in [0.25, 0.3) is 0 Å². The van der Waals surface area contributed by atoms with Gasteiger partial charge < -0.3 is 4.74 Å². The molecule has 0 spiro atoms. The Labute approximate surface area is 40.8 Å². The van der Waals surface area contributed by atoms with E-state index in [0.29, 0.717) is 0 Å². The molecule has 0 unspecified atom stereocenters. The first kappa shape index (κ1) is 3.02. The molecule has 0 atom stereocenters. The third kappa shape index (κ3) is 0.257. The Kier molecular flexibility index (Phi) is 0.336. The number of rotatable bonds is 0. The van der Waals surface area contributed by atoms with Crippen LogP contribution in [0.4, 0.5) is 0 Å². The highest BCUT2D eigenvalue weighted by molar-refractivity contribution is 5.37. The molecule has 0 amide bonds. The van der Waals surface area contributed by atoms with E-state index < -0.39 is 0 Å². The molecule has 0 aliphatic carbocycles. The summed E-state index contributed by atoms with van der Waals surface area (Å²) in [7, 11) is 0. The van der Waals surface area contributed by atoms with Gasteiger partial charge in [0, 0.05) is 12.3 Å². The summed E-state index contributed by atoms with van der Waals surface area (Å²) < 4.78 is 4.90. The van der Waals surface area contributed by atoms with Crippen molar-refractivity contribution in [1.29, 1.82) is 0 Å². The number of hydrogen-bond donors (Lipinski definition) is 0. The third-order valence-electron chi connectivity index (χ3n) is 0.929. The lowest BCUT2D eigenvalue weighted by molar-refractivity contribution is 0.415. The normalized spacial score (nSPS) is 12.0. The molecule has 3 rings (SSSR count). The second-order valence-electron chi connectivity index (χ2n) is 1.43. The molecule has 3 heterocycles. The fraction of sp³-hybridized carbons (Fsp3) is 0. The first-order chi connectivity index (χ1) is 3.45. The van der Waals surface area contributed by atoms with E-state index in [0.717, 1.165) is 11.6 Å². The zero-order chi connectivity index (χ0) is 4.69. The second-order valence-corrected chi connectivity index (χ2v) is 1.43. The molecule has 2 aliphatic rings. The third-order valence-corrected chi connectivity index (χ3v) is 0.929. The molecular weight excluding hydrogens is 90.1 g/mol. The second kappa shape index (κ2) is 0.780. The van der Waals surface area contributed by atoms with Crippen LogP contribution in [0.1, 0.15) is 0 Å². The average molecular weight is 93.1 g/mol. The first-order valence-corrected chi connectivity index (χ1v) is 2.09. The van der Waals surface area contributed by atoms with Crippen LogP contribution in [-0.4, -0.2) is 4.98 Å². The van der Waals surface area contributed by atoms with Crippen molar-refractivity contribution in [3.8, 4) is 11.6 Å². The fourth-order valence-electron chi connectivity index (χ4n) is 0.573. The Morgan fingerprint density at radius 1 is 1.57 bits per heavy atom. The van der Waals surface area contributed by atoms with Gasteiger partial charge in [-0.1, -0.05) is 0 Å². The summed E-state index contributed by atoms with van der Waals surface area (Å²) in [5.74, 6) is 1.66. The number of aromatic nitrogens is 1. The molecule has 0 fully saturated rings. The zero-order valence-corrected chi connectivity index (χ0v) is 3.59. The summed E-state index contributed by atoms with van der Waals surface area (Å²) in [4.78, 5) is 3.83. The predicted molar refractivity (Wildman–Crippen MR) is 24.3 cm³/mol. The number of pyridine rings is 1. The molecule has 2 aliphatic heterocycles. The number of fused-ring (bicyclic) bond motifs is 2. The average Bonchev–Trinajstić information content (AvgIpc) is 1.67. The largest absolute Gasteiger partial charge is 0.439 e. The van der Waals surface area contributed by atoms with E-state index in [1.807, 2.05) is 12.1 Å². The van der Waals surface area contributed by atoms with Crippen LogP contribution in [0.15, 0.2) is 18.3 Å². The highest BCUT2D eigenvalue weighted by Gasteiger charge is 2.07. The van der Waals surface area contributed by atoms with Gasteiger partial charge in [-0.25, -0.2) is 4.98 Å². The van der Waals surface area contributed by atoms with Crippen LogP contribution < -0.4 is 4.74 Å². The lowest BCUT2D eigenvalue weighted by atomic mass is 10.4. The lowest BCUT2D eigenvalue weighted by Crippen LogP contribution is -1.95. The van der Waals surface area contributed by atoms with Crippen molar-refractivity contribution < 1.29 is 4.74 Å². The highest BCUT2D eigenvalue weighted by Crippen LogP contribution is 2.30. The van der Waals surface area contributed by atoms with Crippen molar-refractivity contribution in [3.63, 3.8) is 0 Å². The summed E-state index contributed by atoms with van der Waals surface area (Å²) in [6.07, 6.45) is 1.73. The van der Waals surface area contributed by atoms with Gasteiger partial charge in [-0.05, 0) is 6.07 Å². The van der Waals surface area contributed by atoms with Gasteiger partial charge in [0.15, 0.2) is 0 Å². The lowest BCUT2D eigenvalue weighted by Gasteiger charge is -2.11. The minimum atomic E-state index is 0.734. The Balaban J connectivity index is 2.78. The quantitative estimate of drug-likeness (QED) is 0.488. The van der Waals surface area contributed by atoms with E-state index in [-0.39, 0.29) is 0 Å². The predicted octanol–water partition coefficient (Wildman–Crippen LogP) is 1.19. The maximum Gasteiger partial charge on any atom is 0.222 e. The molecule has 0 saturated carbocycles. The van der Waals surface area contributed by atoms with Gasteiger partial charge in [-0.2, -0.15) is 0 Å². The standard InChI is InChI=1S/C5H3NO/c1-2-6-5-3-4(1)7-5/h1-3H. The van der Waals surface area contributed by atoms with E-state index in [4.69, 9.17) is 4.74 Å². The van der Waals surface area contributed by atoms with Gasteiger partial charge in [0.1, 0.15) is 5.75 Å². The van der Waals surface area contributed by atoms with Gasteiger partial charge in [0.05, 0.1) is 0 Å². The summed E-state index contributed by atoms with van der Waals surface area (Å²) >= 11 is 0. The molecule has 2 bridgehead atoms. The van der Waals surface area contributed by atoms with Crippen molar-refractivity contribution in [2.24, 2.45) is 0 Å². The topological polar surface area (TPSA) is 22.1 Å². The molecule has 7 heavy (non-hydrogen) atoms. The first-order valence-electron chi connectivity index (χ1n) is 2.09. The van der Waals surface area contributed by atoms with Crippen molar-refractivity contribution in [2.75, 3.05) is 0 Å². The Bertz CT molecular complexity index is 172. The van der Waals surface area contributed by atoms with Gasteiger partial charge in [-0.3, -0.25) is 0 Å². The number of ether oxygens (including phenoxy) is 1. The summed E-state index contributed by atoms with van der Waals surface area (Å²) in [6.45, 7) is 0. The number of hydrogen-bond acceptors (Lipinski definition) is 2. The minimum absolute atomic E-state index is 0.734. The minimum Gasteiger partial charge on any atom is -0.439 e. The SMILES string of the molecule is c1cc2cc(n1)O2. The van der Waals surface area contributed by atoms with Crippen molar-refractivity contribution >= 4 is 0 Å². The van der Waals surface area contributed by atoms with Crippen molar-refractivity contribution in [2.45, 2.75) is 0 Å². The van der Waals surface area contributed by atoms with Gasteiger partial charge >= 0.3 is 0 Å². The van der Waals surface area contributed by atoms with Crippen LogP contribution in [0.25, 0.3) is 0 Å². The smallest absolute Gasteiger partial charge is 0.222 e. The molecule has 2 nitrogen and oxygen atoms in total. The molecule has 1 aromatic rings.